The SMILES string of the molecule is CCCSCC[C@H](NC(=O)c1ccccc1)C(=O)O. The lowest BCUT2D eigenvalue weighted by molar-refractivity contribution is -0.139. The molecule has 1 rings (SSSR count). The molecule has 4 nitrogen and oxygen atoms in total. The van der Waals surface area contributed by atoms with Gasteiger partial charge in [-0.3, -0.25) is 4.79 Å². The van der Waals surface area contributed by atoms with Crippen LogP contribution in [0.2, 0.25) is 0 Å². The summed E-state index contributed by atoms with van der Waals surface area (Å²) in [5.74, 6) is 0.425. The van der Waals surface area contributed by atoms with Crippen LogP contribution in [0.25, 0.3) is 0 Å². The molecular formula is C14H19NO3S. The minimum atomic E-state index is -0.985. The number of benzene rings is 1. The molecule has 2 N–H and O–H groups in total. The fraction of sp³-hybridized carbons (Fsp3) is 0.429. The molecule has 0 aliphatic heterocycles. The van der Waals surface area contributed by atoms with Crippen LogP contribution in [0.1, 0.15) is 30.1 Å². The summed E-state index contributed by atoms with van der Waals surface area (Å²) >= 11 is 1.71. The third-order valence-electron chi connectivity index (χ3n) is 2.54. The Labute approximate surface area is 117 Å². The van der Waals surface area contributed by atoms with Crippen molar-refractivity contribution in [2.75, 3.05) is 11.5 Å². The Morgan fingerprint density at radius 2 is 1.95 bits per heavy atom. The van der Waals surface area contributed by atoms with Crippen molar-refractivity contribution in [2.45, 2.75) is 25.8 Å². The molecule has 1 aromatic carbocycles. The van der Waals surface area contributed by atoms with E-state index in [2.05, 4.69) is 12.2 Å². The van der Waals surface area contributed by atoms with Gasteiger partial charge in [0.2, 0.25) is 0 Å². The lowest BCUT2D eigenvalue weighted by Crippen LogP contribution is -2.41. The highest BCUT2D eigenvalue weighted by atomic mass is 32.2. The number of aliphatic carboxylic acids is 1. The summed E-state index contributed by atoms with van der Waals surface area (Å²) in [6, 6.07) is 7.83. The maximum atomic E-state index is 11.9. The van der Waals surface area contributed by atoms with Gasteiger partial charge in [-0.15, -0.1) is 0 Å². The number of carbonyl (C=O) groups is 2. The molecule has 1 amide bonds. The molecule has 5 heteroatoms. The molecule has 0 unspecified atom stereocenters. The zero-order valence-corrected chi connectivity index (χ0v) is 11.8. The van der Waals surface area contributed by atoms with Crippen molar-refractivity contribution >= 4 is 23.6 Å². The van der Waals surface area contributed by atoms with Gasteiger partial charge >= 0.3 is 5.97 Å². The highest BCUT2D eigenvalue weighted by Gasteiger charge is 2.19. The van der Waals surface area contributed by atoms with Crippen LogP contribution in [0, 0.1) is 0 Å². The summed E-state index contributed by atoms with van der Waals surface area (Å²) in [5.41, 5.74) is 0.481. The van der Waals surface area contributed by atoms with Gasteiger partial charge in [-0.05, 0) is 36.5 Å². The van der Waals surface area contributed by atoms with Gasteiger partial charge in [0.25, 0.3) is 5.91 Å². The summed E-state index contributed by atoms with van der Waals surface area (Å²) in [6.07, 6.45) is 1.51. The van der Waals surface area contributed by atoms with Crippen LogP contribution in [0.4, 0.5) is 0 Å². The van der Waals surface area contributed by atoms with Crippen molar-refractivity contribution in [3.8, 4) is 0 Å². The first-order valence-electron chi connectivity index (χ1n) is 6.31. The fourth-order valence-electron chi connectivity index (χ4n) is 1.54. The molecule has 104 valence electrons. The predicted molar refractivity (Wildman–Crippen MR) is 77.6 cm³/mol. The number of amides is 1. The van der Waals surface area contributed by atoms with Crippen LogP contribution >= 0.6 is 11.8 Å². The van der Waals surface area contributed by atoms with Gasteiger partial charge in [0.05, 0.1) is 0 Å². The maximum absolute atomic E-state index is 11.9. The third kappa shape index (κ3) is 5.79. The van der Waals surface area contributed by atoms with E-state index >= 15 is 0 Å². The average Bonchev–Trinajstić information content (AvgIpc) is 2.42. The lowest BCUT2D eigenvalue weighted by Gasteiger charge is -2.14. The smallest absolute Gasteiger partial charge is 0.326 e. The monoisotopic (exact) mass is 281 g/mol. The number of hydrogen-bond donors (Lipinski definition) is 2. The van der Waals surface area contributed by atoms with E-state index < -0.39 is 12.0 Å². The molecule has 0 spiro atoms. The Hall–Kier alpha value is -1.49. The first kappa shape index (κ1) is 15.6. The molecular weight excluding hydrogens is 262 g/mol. The largest absolute Gasteiger partial charge is 0.480 e. The van der Waals surface area contributed by atoms with Gasteiger partial charge < -0.3 is 10.4 Å². The van der Waals surface area contributed by atoms with E-state index in [1.54, 1.807) is 36.0 Å². The number of nitrogens with one attached hydrogen (secondary N) is 1. The molecule has 0 heterocycles. The third-order valence-corrected chi connectivity index (χ3v) is 3.76. The molecule has 1 atom stereocenters. The van der Waals surface area contributed by atoms with E-state index in [4.69, 9.17) is 5.11 Å². The van der Waals surface area contributed by atoms with Crippen molar-refractivity contribution in [2.24, 2.45) is 0 Å². The van der Waals surface area contributed by atoms with Gasteiger partial charge in [0, 0.05) is 5.56 Å². The molecule has 0 saturated carbocycles. The molecule has 0 aromatic heterocycles. The summed E-state index contributed by atoms with van der Waals surface area (Å²) < 4.78 is 0. The van der Waals surface area contributed by atoms with Crippen LogP contribution in [-0.4, -0.2) is 34.5 Å². The average molecular weight is 281 g/mol. The summed E-state index contributed by atoms with van der Waals surface area (Å²) in [7, 11) is 0. The number of carboxylic acids is 1. The number of carbonyl (C=O) groups excluding carboxylic acids is 1. The maximum Gasteiger partial charge on any atom is 0.326 e. The first-order valence-corrected chi connectivity index (χ1v) is 7.47. The van der Waals surface area contributed by atoms with Gasteiger partial charge in [-0.2, -0.15) is 11.8 Å². The van der Waals surface area contributed by atoms with Crippen LogP contribution in [0.15, 0.2) is 30.3 Å². The fourth-order valence-corrected chi connectivity index (χ4v) is 2.43. The Bertz CT molecular complexity index is 408. The lowest BCUT2D eigenvalue weighted by atomic mass is 10.1. The highest BCUT2D eigenvalue weighted by molar-refractivity contribution is 7.99. The van der Waals surface area contributed by atoms with E-state index in [0.29, 0.717) is 12.0 Å². The minimum absolute atomic E-state index is 0.339. The zero-order valence-electron chi connectivity index (χ0n) is 11.0. The Balaban J connectivity index is 2.49. The minimum Gasteiger partial charge on any atom is -0.480 e. The Kier molecular flexibility index (Phi) is 7.03. The second-order valence-corrected chi connectivity index (χ2v) is 5.36. The second kappa shape index (κ2) is 8.58. The number of thioether (sulfide) groups is 1. The van der Waals surface area contributed by atoms with Crippen molar-refractivity contribution < 1.29 is 14.7 Å². The molecule has 19 heavy (non-hydrogen) atoms. The molecule has 0 saturated heterocycles. The standard InChI is InChI=1S/C14H19NO3S/c1-2-9-19-10-8-12(14(17)18)15-13(16)11-6-4-3-5-7-11/h3-7,12H,2,8-10H2,1H3,(H,15,16)(H,17,18)/t12-/m0/s1. The van der Waals surface area contributed by atoms with Crippen molar-refractivity contribution in [1.29, 1.82) is 0 Å². The topological polar surface area (TPSA) is 66.4 Å². The molecule has 0 aliphatic rings. The van der Waals surface area contributed by atoms with E-state index in [1.807, 2.05) is 6.07 Å². The van der Waals surface area contributed by atoms with Crippen molar-refractivity contribution in [1.82, 2.24) is 5.32 Å². The Morgan fingerprint density at radius 1 is 1.26 bits per heavy atom. The van der Waals surface area contributed by atoms with Gasteiger partial charge in [0.15, 0.2) is 0 Å². The molecule has 0 fully saturated rings. The van der Waals surface area contributed by atoms with Gasteiger partial charge in [-0.1, -0.05) is 25.1 Å². The van der Waals surface area contributed by atoms with Gasteiger partial charge in [-0.25, -0.2) is 4.79 Å². The zero-order chi connectivity index (χ0) is 14.1. The van der Waals surface area contributed by atoms with Crippen LogP contribution in [0.5, 0.6) is 0 Å². The highest BCUT2D eigenvalue weighted by Crippen LogP contribution is 2.07. The van der Waals surface area contributed by atoms with Gasteiger partial charge in [0.1, 0.15) is 6.04 Å². The normalized spacial score (nSPS) is 11.8. The summed E-state index contributed by atoms with van der Waals surface area (Å²) in [6.45, 7) is 2.08. The predicted octanol–water partition coefficient (Wildman–Crippen LogP) is 2.40. The summed E-state index contributed by atoms with van der Waals surface area (Å²) in [4.78, 5) is 23.0. The van der Waals surface area contributed by atoms with E-state index in [1.165, 1.54) is 0 Å². The number of carboxylic acid groups (broad SMARTS) is 1. The molecule has 0 bridgehead atoms. The first-order chi connectivity index (χ1) is 9.15. The number of hydrogen-bond acceptors (Lipinski definition) is 3. The molecule has 0 radical (unpaired) electrons. The van der Waals surface area contributed by atoms with Crippen LogP contribution < -0.4 is 5.32 Å². The molecule has 1 aromatic rings. The van der Waals surface area contributed by atoms with Crippen molar-refractivity contribution in [3.63, 3.8) is 0 Å². The van der Waals surface area contributed by atoms with E-state index in [0.717, 1.165) is 17.9 Å². The number of rotatable bonds is 8. The van der Waals surface area contributed by atoms with E-state index in [9.17, 15) is 9.59 Å². The second-order valence-electron chi connectivity index (χ2n) is 4.13. The van der Waals surface area contributed by atoms with E-state index in [-0.39, 0.29) is 5.91 Å². The quantitative estimate of drug-likeness (QED) is 0.718. The summed E-state index contributed by atoms with van der Waals surface area (Å²) in [5, 5.41) is 11.7. The Morgan fingerprint density at radius 3 is 2.53 bits per heavy atom. The molecule has 0 aliphatic carbocycles. The van der Waals surface area contributed by atoms with Crippen LogP contribution in [0.3, 0.4) is 0 Å². The van der Waals surface area contributed by atoms with Crippen LogP contribution in [-0.2, 0) is 4.79 Å². The van der Waals surface area contributed by atoms with Crippen molar-refractivity contribution in [3.05, 3.63) is 35.9 Å².